The van der Waals surface area contributed by atoms with Gasteiger partial charge in [0.05, 0.1) is 69.7 Å². The molecule has 21 nitrogen and oxygen atoms in total. The zero-order valence-electron chi connectivity index (χ0n) is 46.7. The number of aryl methyl sites for hydroxylation is 1. The number of amides is 7. The molecule has 1 aliphatic rings. The van der Waals surface area contributed by atoms with Crippen LogP contribution in [-0.4, -0.2) is 122 Å². The van der Waals surface area contributed by atoms with E-state index in [4.69, 9.17) is 26.4 Å². The first-order chi connectivity index (χ1) is 39.3. The maximum atomic E-state index is 13.8. The Labute approximate surface area is 507 Å². The molecule has 0 bridgehead atoms. The van der Waals surface area contributed by atoms with Gasteiger partial charge in [0.25, 0.3) is 23.3 Å². The fourth-order valence-electron chi connectivity index (χ4n) is 8.74. The molecule has 2 atom stereocenters. The van der Waals surface area contributed by atoms with E-state index in [9.17, 15) is 38.4 Å². The number of hydrogen-bond donors (Lipinski definition) is 6. The lowest BCUT2D eigenvalue weighted by molar-refractivity contribution is -0.688. The number of rotatable bonds is 32. The summed E-state index contributed by atoms with van der Waals surface area (Å²) in [5.41, 5.74) is 10.0. The summed E-state index contributed by atoms with van der Waals surface area (Å²) in [4.78, 5) is 112. The molecule has 3 heterocycles. The van der Waals surface area contributed by atoms with E-state index in [-0.39, 0.29) is 125 Å². The number of halogens is 3. The van der Waals surface area contributed by atoms with Gasteiger partial charge >= 0.3 is 6.03 Å². The van der Waals surface area contributed by atoms with E-state index in [2.05, 4.69) is 84.9 Å². The molecule has 83 heavy (non-hydrogen) atoms. The topological polar surface area (TPSA) is 277 Å². The van der Waals surface area contributed by atoms with E-state index in [0.717, 1.165) is 31.8 Å². The van der Waals surface area contributed by atoms with Crippen molar-refractivity contribution >= 4 is 111 Å². The summed E-state index contributed by atoms with van der Waals surface area (Å²) < 4.78 is 19.6. The predicted molar refractivity (Wildman–Crippen MR) is 325 cm³/mol. The average Bonchev–Trinajstić information content (AvgIpc) is 3.76. The third-order valence-electron chi connectivity index (χ3n) is 13.0. The van der Waals surface area contributed by atoms with E-state index in [1.807, 2.05) is 64.3 Å². The number of imide groups is 1. The Hall–Kier alpha value is -7.14. The van der Waals surface area contributed by atoms with Gasteiger partial charge in [-0.3, -0.25) is 38.5 Å². The minimum Gasteiger partial charge on any atom is -0.379 e. The molecular formula is C59H69Br3N10O11. The number of carbonyl (C=O) groups is 7. The van der Waals surface area contributed by atoms with Crippen molar-refractivity contribution in [3.8, 4) is 12.3 Å². The number of nitrogens with zero attached hydrogens (tertiary/aromatic N) is 4. The number of primary amides is 1. The van der Waals surface area contributed by atoms with Crippen molar-refractivity contribution in [2.45, 2.75) is 72.1 Å². The average molecular weight is 1330 g/mol. The standard InChI is InChI=1S/C58H65Br3N10O11.CH3/c1-5-20-70(35-42-29-45-47(31-46(42)59)65-37(4)66-55(45)76)44-16-12-40(13-17-44)53(74)64-32-39-8-7-21-69(34-39)33-38-10-14-43(15-11-38)67-54(75)41(9-6-19-63-58(62)79)30-48(72)52(36(2)3)68-49(73)18-23-80-25-27-82-28-26-81-24-22-71-56(77)50(60)51(61)57(71)78;/h1,7-8,10-17,21,29,31,34,36,41,52H,6,9,18-20,22-28,30,32-33,35H2,2-4H3,(H6-,62,63,64,65,66,67,68,73,74,75,76,79);1H3/q;-1/p+1/t41-,52+;/m1./s1. The smallest absolute Gasteiger partial charge is 0.312 e. The molecule has 0 radical (unpaired) electrons. The summed E-state index contributed by atoms with van der Waals surface area (Å²) in [6.45, 7) is 8.25. The summed E-state index contributed by atoms with van der Waals surface area (Å²) in [5.74, 6) is -0.0689. The summed E-state index contributed by atoms with van der Waals surface area (Å²) in [5, 5.41) is 11.7. The first-order valence-corrected chi connectivity index (χ1v) is 28.8. The van der Waals surface area contributed by atoms with Gasteiger partial charge in [-0.05, 0) is 118 Å². The monoisotopic (exact) mass is 1330 g/mol. The van der Waals surface area contributed by atoms with Gasteiger partial charge in [-0.25, -0.2) is 14.3 Å². The molecule has 2 aromatic heterocycles. The number of ether oxygens (including phenoxy) is 3. The molecule has 0 spiro atoms. The van der Waals surface area contributed by atoms with Gasteiger partial charge in [0.2, 0.25) is 11.8 Å². The molecule has 7 N–H and O–H groups in total. The third-order valence-corrected chi connectivity index (χ3v) is 15.7. The van der Waals surface area contributed by atoms with Crippen LogP contribution in [0.1, 0.15) is 72.4 Å². The maximum Gasteiger partial charge on any atom is 0.312 e. The minimum absolute atomic E-state index is 0. The van der Waals surface area contributed by atoms with Gasteiger partial charge in [0, 0.05) is 77.0 Å². The maximum absolute atomic E-state index is 13.8. The molecule has 0 fully saturated rings. The van der Waals surface area contributed by atoms with Gasteiger partial charge in [-0.1, -0.05) is 47.8 Å². The summed E-state index contributed by atoms with van der Waals surface area (Å²) in [6.07, 6.45) is 10.1. The largest absolute Gasteiger partial charge is 0.379 e. The normalized spacial score (nSPS) is 12.9. The van der Waals surface area contributed by atoms with Gasteiger partial charge in [-0.15, -0.1) is 6.42 Å². The highest BCUT2D eigenvalue weighted by Gasteiger charge is 2.35. The molecule has 0 aliphatic carbocycles. The van der Waals surface area contributed by atoms with E-state index >= 15 is 0 Å². The summed E-state index contributed by atoms with van der Waals surface area (Å²) in [6, 6.07) is 20.3. The second-order valence-corrected chi connectivity index (χ2v) is 22.0. The molecule has 24 heteroatoms. The van der Waals surface area contributed by atoms with Crippen LogP contribution >= 0.6 is 47.8 Å². The number of nitrogens with two attached hydrogens (primary N) is 1. The Kier molecular flexibility index (Phi) is 26.7. The van der Waals surface area contributed by atoms with E-state index in [1.165, 1.54) is 0 Å². The van der Waals surface area contributed by atoms with Crippen molar-refractivity contribution in [3.63, 3.8) is 0 Å². The van der Waals surface area contributed by atoms with Crippen molar-refractivity contribution < 1.29 is 52.3 Å². The lowest BCUT2D eigenvalue weighted by atomic mass is 9.89. The SMILES string of the molecule is C#CCN(Cc1cc2c(=O)[nH]c(C)nc2cc1Br)c1ccc(C(=O)NCc2ccc[n+](Cc3ccc(NC(=O)[C@H](CCCNC(N)=O)CC(=O)[C@@H](NC(=O)CCOCCOCCOCCN4C(=O)C(Br)=C(Br)C4=O)C(C)C)cc3)c2)cc1.[CH3-]. The highest BCUT2D eigenvalue weighted by molar-refractivity contribution is 9.14. The second kappa shape index (κ2) is 33.2. The predicted octanol–water partition coefficient (Wildman–Crippen LogP) is 6.26. The zero-order chi connectivity index (χ0) is 59.3. The van der Waals surface area contributed by atoms with Crippen LogP contribution in [0.2, 0.25) is 0 Å². The second-order valence-electron chi connectivity index (χ2n) is 19.5. The van der Waals surface area contributed by atoms with Crippen LogP contribution in [0.25, 0.3) is 10.9 Å². The number of nitrogens with one attached hydrogen (secondary N) is 5. The van der Waals surface area contributed by atoms with Crippen LogP contribution in [0.4, 0.5) is 16.2 Å². The van der Waals surface area contributed by atoms with Crippen LogP contribution in [0.3, 0.4) is 0 Å². The Morgan fingerprint density at radius 3 is 2.18 bits per heavy atom. The molecule has 1 aliphatic heterocycles. The number of ketones is 1. The summed E-state index contributed by atoms with van der Waals surface area (Å²) >= 11 is 9.79. The Bertz CT molecular complexity index is 3220. The van der Waals surface area contributed by atoms with Crippen molar-refractivity contribution in [1.82, 2.24) is 30.8 Å². The van der Waals surface area contributed by atoms with Gasteiger partial charge in [0.15, 0.2) is 24.7 Å². The van der Waals surface area contributed by atoms with Gasteiger partial charge in [-0.2, -0.15) is 0 Å². The molecule has 3 aromatic carbocycles. The number of hydrogen-bond acceptors (Lipinski definition) is 13. The number of anilines is 2. The number of Topliss-reactive ketones (excluding diaryl/α,β-unsaturated/α-hetero) is 1. The number of urea groups is 1. The van der Waals surface area contributed by atoms with Gasteiger partial charge in [0.1, 0.15) is 14.8 Å². The van der Waals surface area contributed by atoms with E-state index in [0.29, 0.717) is 47.5 Å². The molecular weight excluding hydrogens is 1260 g/mol. The van der Waals surface area contributed by atoms with E-state index in [1.54, 1.807) is 51.1 Å². The molecule has 0 unspecified atom stereocenters. The fourth-order valence-corrected chi connectivity index (χ4v) is 9.96. The van der Waals surface area contributed by atoms with Crippen LogP contribution in [0.15, 0.2) is 103 Å². The zero-order valence-corrected chi connectivity index (χ0v) is 51.5. The van der Waals surface area contributed by atoms with Crippen molar-refractivity contribution in [3.05, 3.63) is 144 Å². The van der Waals surface area contributed by atoms with Crippen molar-refractivity contribution in [2.24, 2.45) is 17.6 Å². The summed E-state index contributed by atoms with van der Waals surface area (Å²) in [7, 11) is 0. The molecule has 0 saturated carbocycles. The Morgan fingerprint density at radius 2 is 1.53 bits per heavy atom. The van der Waals surface area contributed by atoms with E-state index < -0.39 is 41.6 Å². The van der Waals surface area contributed by atoms with Crippen LogP contribution in [-0.2, 0) is 57.8 Å². The Morgan fingerprint density at radius 1 is 0.867 bits per heavy atom. The third kappa shape index (κ3) is 20.3. The van der Waals surface area contributed by atoms with Crippen LogP contribution < -0.4 is 42.0 Å². The van der Waals surface area contributed by atoms with Gasteiger partial charge < -0.3 is 58.5 Å². The first-order valence-electron chi connectivity index (χ1n) is 26.4. The number of aromatic nitrogens is 3. The molecule has 5 aromatic rings. The fraction of sp³-hybridized carbons (Fsp3) is 0.373. The first kappa shape index (κ1) is 66.7. The molecule has 7 amide bonds. The number of aromatic amines is 1. The molecule has 6 rings (SSSR count). The number of fused-ring (bicyclic) bond motifs is 1. The minimum atomic E-state index is -0.868. The number of carbonyl (C=O) groups excluding carboxylic acids is 7. The highest BCUT2D eigenvalue weighted by atomic mass is 79.9. The number of pyridine rings is 1. The quantitative estimate of drug-likeness (QED) is 0.00913. The van der Waals surface area contributed by atoms with Crippen LogP contribution in [0.5, 0.6) is 0 Å². The Balaban J connectivity index is 0.0000126. The number of H-pyrrole nitrogens is 1. The van der Waals surface area contributed by atoms with Crippen molar-refractivity contribution in [2.75, 3.05) is 69.5 Å². The molecule has 0 saturated heterocycles. The lowest BCUT2D eigenvalue weighted by Crippen LogP contribution is -2.45. The number of terminal acetylenes is 1. The lowest BCUT2D eigenvalue weighted by Gasteiger charge is -2.24. The molecule has 442 valence electrons. The number of benzene rings is 3. The highest BCUT2D eigenvalue weighted by Crippen LogP contribution is 2.30. The van der Waals surface area contributed by atoms with Crippen molar-refractivity contribution in [1.29, 1.82) is 0 Å². The van der Waals surface area contributed by atoms with Crippen LogP contribution in [0, 0.1) is 38.5 Å².